The van der Waals surface area contributed by atoms with E-state index in [9.17, 15) is 14.4 Å². The number of amides is 1. The summed E-state index contributed by atoms with van der Waals surface area (Å²) in [7, 11) is 4.08. The number of fused-ring (bicyclic) bond motifs is 2. The fraction of sp³-hybridized carbons (Fsp3) is 0.718. The van der Waals surface area contributed by atoms with Crippen LogP contribution in [-0.4, -0.2) is 116 Å². The minimum absolute atomic E-state index is 0.0159. The van der Waals surface area contributed by atoms with Crippen LogP contribution in [0.4, 0.5) is 10.1 Å². The number of anilines is 1. The zero-order valence-corrected chi connectivity index (χ0v) is 30.5. The van der Waals surface area contributed by atoms with Crippen molar-refractivity contribution in [3.8, 4) is 11.8 Å². The summed E-state index contributed by atoms with van der Waals surface area (Å²) in [6.45, 7) is 7.29. The quantitative estimate of drug-likeness (QED) is 0.404. The Bertz CT molecular complexity index is 1500. The first-order chi connectivity index (χ1) is 24.7. The molecule has 2 aliphatic carbocycles. The van der Waals surface area contributed by atoms with Gasteiger partial charge in [-0.15, -0.1) is 0 Å². The number of piperazine rings is 1. The number of nitrogens with one attached hydrogen (secondary N) is 2. The number of carbonyl (C=O) groups excluding carboxylic acids is 2. The van der Waals surface area contributed by atoms with E-state index >= 15 is 4.79 Å². The van der Waals surface area contributed by atoms with E-state index in [1.54, 1.807) is 11.0 Å². The Hall–Kier alpha value is -3.08. The summed E-state index contributed by atoms with van der Waals surface area (Å²) in [5.74, 6) is -0.0639. The lowest BCUT2D eigenvalue weighted by molar-refractivity contribution is -0.192. The molecule has 5 fully saturated rings. The number of carbonyl (C=O) groups is 2. The summed E-state index contributed by atoms with van der Waals surface area (Å²) >= 11 is 0. The number of hydrogen-bond acceptors (Lipinski definition) is 10. The van der Waals surface area contributed by atoms with Gasteiger partial charge in [-0.3, -0.25) is 25.1 Å². The van der Waals surface area contributed by atoms with E-state index < -0.39 is 29.5 Å². The van der Waals surface area contributed by atoms with Crippen LogP contribution in [0.2, 0.25) is 0 Å². The van der Waals surface area contributed by atoms with E-state index in [1.165, 1.54) is 37.5 Å². The minimum atomic E-state index is -1.14. The predicted octanol–water partition coefficient (Wildman–Crippen LogP) is 4.00. The summed E-state index contributed by atoms with van der Waals surface area (Å²) in [5.41, 5.74) is -0.989. The largest absolute Gasteiger partial charge is 0.475 e. The highest BCUT2D eigenvalue weighted by molar-refractivity contribution is 5.95. The molecule has 7 atom stereocenters. The maximum Gasteiger partial charge on any atom is 0.246 e. The van der Waals surface area contributed by atoms with Crippen LogP contribution in [0.3, 0.4) is 0 Å². The molecule has 1 aromatic rings. The van der Waals surface area contributed by atoms with Crippen molar-refractivity contribution in [2.45, 2.75) is 113 Å². The second-order valence-electron chi connectivity index (χ2n) is 15.9. The van der Waals surface area contributed by atoms with Crippen molar-refractivity contribution in [2.24, 2.45) is 11.8 Å². The number of nitrogens with zero attached hydrogens (tertiary/aromatic N) is 5. The molecule has 11 nitrogen and oxygen atoms in total. The van der Waals surface area contributed by atoms with E-state index in [2.05, 4.69) is 40.1 Å². The predicted molar refractivity (Wildman–Crippen MR) is 192 cm³/mol. The summed E-state index contributed by atoms with van der Waals surface area (Å²) in [4.78, 5) is 36.9. The molecule has 3 saturated heterocycles. The number of likely N-dealkylation sites (N-methyl/N-ethyl adjacent to an activating group) is 2. The molecular formula is C39H56FN7O4. The van der Waals surface area contributed by atoms with Gasteiger partial charge < -0.3 is 24.2 Å². The number of nitriles is 1. The van der Waals surface area contributed by atoms with Gasteiger partial charge in [0.15, 0.2) is 17.7 Å². The van der Waals surface area contributed by atoms with Crippen LogP contribution in [0.5, 0.6) is 5.75 Å². The smallest absolute Gasteiger partial charge is 0.246 e. The Balaban J connectivity index is 1.28. The highest BCUT2D eigenvalue weighted by Gasteiger charge is 2.64. The van der Waals surface area contributed by atoms with Gasteiger partial charge in [0.1, 0.15) is 11.6 Å². The molecule has 1 amide bonds. The molecule has 0 bridgehead atoms. The molecule has 0 radical (unpaired) electrons. The summed E-state index contributed by atoms with van der Waals surface area (Å²) < 4.78 is 27.9. The first-order valence-electron chi connectivity index (χ1n) is 19.3. The average Bonchev–Trinajstić information content (AvgIpc) is 3.52. The number of ether oxygens (including phenoxy) is 2. The lowest BCUT2D eigenvalue weighted by Gasteiger charge is -2.64. The van der Waals surface area contributed by atoms with Crippen molar-refractivity contribution in [1.82, 2.24) is 25.3 Å². The van der Waals surface area contributed by atoms with Gasteiger partial charge >= 0.3 is 0 Å². The molecule has 2 saturated carbocycles. The van der Waals surface area contributed by atoms with Crippen LogP contribution in [-0.2, 0) is 14.3 Å². The van der Waals surface area contributed by atoms with Crippen LogP contribution >= 0.6 is 0 Å². The number of benzene rings is 1. The molecular weight excluding hydrogens is 649 g/mol. The number of hydrogen-bond donors (Lipinski definition) is 2. The maximum atomic E-state index is 15.2. The molecule has 4 heterocycles. The van der Waals surface area contributed by atoms with Crippen molar-refractivity contribution < 1.29 is 23.5 Å². The van der Waals surface area contributed by atoms with Gasteiger partial charge in [-0.05, 0) is 76.2 Å². The third kappa shape index (κ3) is 6.81. The molecule has 12 heteroatoms. The SMILES string of the molecule is C=CC(=O)N1CCN(C2(C3CCCCCCC3)NC(OCC3CCCN3C)NC3C(=O)[C@]4(CCC32)CN(C)c2ccc(F)cc2O4)CC1CC#N. The van der Waals surface area contributed by atoms with Crippen LogP contribution in [0.25, 0.3) is 0 Å². The lowest BCUT2D eigenvalue weighted by atomic mass is 9.62. The van der Waals surface area contributed by atoms with Crippen LogP contribution < -0.4 is 20.3 Å². The molecule has 0 aromatic heterocycles. The Morgan fingerprint density at radius 3 is 2.61 bits per heavy atom. The van der Waals surface area contributed by atoms with Crippen molar-refractivity contribution >= 4 is 17.4 Å². The third-order valence-corrected chi connectivity index (χ3v) is 13.0. The van der Waals surface area contributed by atoms with Crippen molar-refractivity contribution in [3.05, 3.63) is 36.7 Å². The van der Waals surface area contributed by atoms with Gasteiger partial charge in [0.05, 0.1) is 49.1 Å². The fourth-order valence-electron chi connectivity index (χ4n) is 10.5. The van der Waals surface area contributed by atoms with Crippen LogP contribution in [0, 0.1) is 29.0 Å². The molecule has 51 heavy (non-hydrogen) atoms. The topological polar surface area (TPSA) is 113 Å². The Morgan fingerprint density at radius 2 is 1.88 bits per heavy atom. The fourth-order valence-corrected chi connectivity index (χ4v) is 10.5. The first-order valence-corrected chi connectivity index (χ1v) is 19.3. The zero-order chi connectivity index (χ0) is 35.8. The number of halogens is 1. The normalized spacial score (nSPS) is 35.3. The van der Waals surface area contributed by atoms with Crippen molar-refractivity contribution in [3.63, 3.8) is 0 Å². The monoisotopic (exact) mass is 705 g/mol. The molecule has 4 aliphatic heterocycles. The van der Waals surface area contributed by atoms with E-state index in [4.69, 9.17) is 9.47 Å². The lowest BCUT2D eigenvalue weighted by Crippen LogP contribution is -2.84. The summed E-state index contributed by atoms with van der Waals surface area (Å²) in [6, 6.07) is 6.30. The average molecular weight is 706 g/mol. The van der Waals surface area contributed by atoms with Gasteiger partial charge in [-0.25, -0.2) is 4.39 Å². The first kappa shape index (κ1) is 36.3. The van der Waals surface area contributed by atoms with Gasteiger partial charge in [-0.2, -0.15) is 5.26 Å². The maximum absolute atomic E-state index is 15.2. The van der Waals surface area contributed by atoms with E-state index in [1.807, 2.05) is 11.9 Å². The minimum Gasteiger partial charge on any atom is -0.475 e. The van der Waals surface area contributed by atoms with E-state index in [-0.39, 0.29) is 36.0 Å². The van der Waals surface area contributed by atoms with Crippen molar-refractivity contribution in [1.29, 1.82) is 5.26 Å². The van der Waals surface area contributed by atoms with E-state index in [0.29, 0.717) is 57.4 Å². The van der Waals surface area contributed by atoms with E-state index in [0.717, 1.165) is 50.8 Å². The standard InChI is InChI=1S/C39H56FN7O4/c1-4-34(48)47-22-21-46(24-29(47)17-19-41)39(27-11-8-6-5-7-9-12-27)31-16-18-38(26-45(3)32-15-14-28(40)23-33(32)51-38)36(49)35(31)42-37(43-39)50-25-30-13-10-20-44(30)2/h4,14-15,23,27,29-31,35,37,42-43H,1,5-13,16-18,20-22,24-26H2,2-3H3/t29?,30?,31?,35?,37?,38-,39?/m0/s1. The highest BCUT2D eigenvalue weighted by atomic mass is 19.1. The Morgan fingerprint density at radius 1 is 1.10 bits per heavy atom. The molecule has 1 spiro atoms. The van der Waals surface area contributed by atoms with Gasteiger partial charge in [0.25, 0.3) is 0 Å². The zero-order valence-electron chi connectivity index (χ0n) is 30.5. The molecule has 7 rings (SSSR count). The van der Waals surface area contributed by atoms with Crippen molar-refractivity contribution in [2.75, 3.05) is 58.3 Å². The molecule has 2 N–H and O–H groups in total. The third-order valence-electron chi connectivity index (χ3n) is 13.0. The number of likely N-dealkylation sites (tertiary alicyclic amines) is 1. The Kier molecular flexibility index (Phi) is 10.8. The van der Waals surface area contributed by atoms with Gasteiger partial charge in [0, 0.05) is 44.7 Å². The number of rotatable bonds is 7. The Labute approximate surface area is 302 Å². The molecule has 1 aromatic carbocycles. The summed E-state index contributed by atoms with van der Waals surface area (Å²) in [6.07, 6.45) is 12.2. The summed E-state index contributed by atoms with van der Waals surface area (Å²) in [5, 5.41) is 17.6. The van der Waals surface area contributed by atoms with Crippen LogP contribution in [0.15, 0.2) is 30.9 Å². The van der Waals surface area contributed by atoms with Crippen LogP contribution in [0.1, 0.15) is 77.0 Å². The molecule has 6 unspecified atom stereocenters. The second kappa shape index (κ2) is 15.1. The highest BCUT2D eigenvalue weighted by Crippen LogP contribution is 2.50. The second-order valence-corrected chi connectivity index (χ2v) is 15.9. The molecule has 278 valence electrons. The number of Topliss-reactive ketones (excluding diaryl/α,β-unsaturated/α-hetero) is 1. The van der Waals surface area contributed by atoms with Gasteiger partial charge in [-0.1, -0.05) is 38.7 Å². The molecule has 6 aliphatic rings. The number of ketones is 1. The van der Waals surface area contributed by atoms with Gasteiger partial charge in [0.2, 0.25) is 5.91 Å².